The molecule has 248 valence electrons. The molecule has 0 amide bonds. The monoisotopic (exact) mass is 676 g/mol. The lowest BCUT2D eigenvalue weighted by Crippen LogP contribution is -2.55. The van der Waals surface area contributed by atoms with Crippen LogP contribution in [0.15, 0.2) is 132 Å². The zero-order valence-corrected chi connectivity index (χ0v) is 29.6. The largest absolute Gasteiger partial charge is 0.456 e. The number of furan rings is 1. The van der Waals surface area contributed by atoms with E-state index in [-0.39, 0.29) is 5.41 Å². The maximum atomic E-state index is 6.41. The standard InChI is InChI=1S/C49H40OS/c1-4-10-43-37(7-1)38-17-15-33(28-44(38)49(43)35-22-31-19-32(24-35)25-36(49)23-31)34(20-29-14-18-48-42(26-29)41-9-3-6-12-47(41)51-48)21-30-13-16-40-39-8-2-5-11-45(39)50-46(40)27-30/h1-18,26-28,31-32,34-36H,19-25H2/t31?,32?,34-,35?,36?,49?/m1/s1. The molecule has 4 saturated carbocycles. The van der Waals surface area contributed by atoms with Crippen LogP contribution in [0.25, 0.3) is 53.2 Å². The van der Waals surface area contributed by atoms with Gasteiger partial charge in [0.2, 0.25) is 0 Å². The summed E-state index contributed by atoms with van der Waals surface area (Å²) in [6.07, 6.45) is 9.14. The fourth-order valence-electron chi connectivity index (χ4n) is 12.1. The number of hydrogen-bond donors (Lipinski definition) is 0. The molecule has 2 heterocycles. The smallest absolute Gasteiger partial charge is 0.135 e. The second-order valence-corrected chi connectivity index (χ2v) is 17.6. The van der Waals surface area contributed by atoms with Gasteiger partial charge < -0.3 is 4.42 Å². The van der Waals surface area contributed by atoms with Gasteiger partial charge in [-0.1, -0.05) is 97.1 Å². The quantitative estimate of drug-likeness (QED) is 0.177. The minimum absolute atomic E-state index is 0.182. The highest BCUT2D eigenvalue weighted by Crippen LogP contribution is 2.69. The molecule has 0 saturated heterocycles. The summed E-state index contributed by atoms with van der Waals surface area (Å²) in [4.78, 5) is 0. The van der Waals surface area contributed by atoms with Crippen LogP contribution >= 0.6 is 11.3 Å². The number of thiophene rings is 1. The second kappa shape index (κ2) is 10.7. The number of benzene rings is 6. The molecule has 0 unspecified atom stereocenters. The van der Waals surface area contributed by atoms with E-state index in [1.807, 2.05) is 11.3 Å². The summed E-state index contributed by atoms with van der Waals surface area (Å²) in [7, 11) is 0. The summed E-state index contributed by atoms with van der Waals surface area (Å²) in [5, 5.41) is 5.18. The van der Waals surface area contributed by atoms with E-state index in [1.165, 1.54) is 90.9 Å². The Balaban J connectivity index is 1.00. The summed E-state index contributed by atoms with van der Waals surface area (Å²) in [6, 6.07) is 48.8. The summed E-state index contributed by atoms with van der Waals surface area (Å²) < 4.78 is 9.16. The van der Waals surface area contributed by atoms with Crippen molar-refractivity contribution in [2.24, 2.45) is 23.7 Å². The summed E-state index contributed by atoms with van der Waals surface area (Å²) in [6.45, 7) is 0. The van der Waals surface area contributed by atoms with Crippen LogP contribution in [0.5, 0.6) is 0 Å². The predicted octanol–water partition coefficient (Wildman–Crippen LogP) is 13.2. The maximum absolute atomic E-state index is 6.41. The van der Waals surface area contributed by atoms with E-state index < -0.39 is 0 Å². The average molecular weight is 677 g/mol. The van der Waals surface area contributed by atoms with Crippen molar-refractivity contribution in [3.63, 3.8) is 0 Å². The van der Waals surface area contributed by atoms with Gasteiger partial charge in [0.05, 0.1) is 0 Å². The molecule has 0 N–H and O–H groups in total. The molecule has 13 rings (SSSR count). The van der Waals surface area contributed by atoms with Crippen LogP contribution in [0.1, 0.15) is 65.8 Å². The lowest BCUT2D eigenvalue weighted by molar-refractivity contribution is -0.0399. The zero-order valence-electron chi connectivity index (χ0n) is 28.8. The topological polar surface area (TPSA) is 13.1 Å². The molecule has 1 nitrogen and oxygen atoms in total. The first kappa shape index (κ1) is 29.0. The number of rotatable bonds is 5. The van der Waals surface area contributed by atoms with E-state index in [9.17, 15) is 0 Å². The average Bonchev–Trinajstić information content (AvgIpc) is 3.81. The van der Waals surface area contributed by atoms with Gasteiger partial charge in [0, 0.05) is 36.4 Å². The van der Waals surface area contributed by atoms with E-state index >= 15 is 0 Å². The van der Waals surface area contributed by atoms with Gasteiger partial charge in [0.15, 0.2) is 0 Å². The Kier molecular flexibility index (Phi) is 6.07. The van der Waals surface area contributed by atoms with Crippen molar-refractivity contribution < 1.29 is 4.42 Å². The fourth-order valence-corrected chi connectivity index (χ4v) is 13.2. The van der Waals surface area contributed by atoms with Gasteiger partial charge in [-0.15, -0.1) is 11.3 Å². The van der Waals surface area contributed by atoms with Crippen molar-refractivity contribution in [1.29, 1.82) is 0 Å². The molecule has 0 aliphatic heterocycles. The SMILES string of the molecule is c1ccc2c(c1)-c1ccc([C@@H](Cc3ccc4c(c3)oc3ccccc34)Cc3ccc4sc5ccccc5c4c3)cc1C21C2CC3CC(C2)CC1C3. The molecule has 1 atom stereocenters. The van der Waals surface area contributed by atoms with Gasteiger partial charge in [-0.05, 0) is 144 Å². The molecule has 6 aromatic carbocycles. The zero-order chi connectivity index (χ0) is 33.3. The highest BCUT2D eigenvalue weighted by atomic mass is 32.1. The lowest BCUT2D eigenvalue weighted by Gasteiger charge is -2.61. The Hall–Kier alpha value is -4.66. The first-order valence-electron chi connectivity index (χ1n) is 19.2. The Morgan fingerprint density at radius 2 is 1.20 bits per heavy atom. The Bertz CT molecular complexity index is 2660. The maximum Gasteiger partial charge on any atom is 0.135 e. The molecule has 8 aromatic rings. The summed E-state index contributed by atoms with van der Waals surface area (Å²) in [5.41, 5.74) is 12.7. The molecule has 51 heavy (non-hydrogen) atoms. The molecule has 5 aliphatic rings. The molecular formula is C49H40OS. The van der Waals surface area contributed by atoms with Crippen molar-refractivity contribution in [1.82, 2.24) is 0 Å². The molecular weight excluding hydrogens is 637 g/mol. The summed E-state index contributed by atoms with van der Waals surface area (Å²) in [5.74, 6) is 3.78. The molecule has 5 aliphatic carbocycles. The van der Waals surface area contributed by atoms with E-state index in [2.05, 4.69) is 127 Å². The Morgan fingerprint density at radius 3 is 2.06 bits per heavy atom. The third-order valence-electron chi connectivity index (χ3n) is 13.9. The molecule has 2 heteroatoms. The van der Waals surface area contributed by atoms with Crippen molar-refractivity contribution in [2.45, 2.75) is 56.3 Å². The summed E-state index contributed by atoms with van der Waals surface area (Å²) >= 11 is 1.91. The van der Waals surface area contributed by atoms with Crippen molar-refractivity contribution in [2.75, 3.05) is 0 Å². The lowest BCUT2D eigenvalue weighted by atomic mass is 9.43. The van der Waals surface area contributed by atoms with E-state index in [0.29, 0.717) is 5.92 Å². The minimum atomic E-state index is 0.182. The molecule has 1 spiro atoms. The van der Waals surface area contributed by atoms with Crippen LogP contribution < -0.4 is 0 Å². The highest BCUT2D eigenvalue weighted by molar-refractivity contribution is 7.25. The van der Waals surface area contributed by atoms with Crippen LogP contribution in [0.2, 0.25) is 0 Å². The Morgan fingerprint density at radius 1 is 0.529 bits per heavy atom. The second-order valence-electron chi connectivity index (χ2n) is 16.5. The first-order valence-corrected chi connectivity index (χ1v) is 20.1. The van der Waals surface area contributed by atoms with Gasteiger partial charge in [0.1, 0.15) is 11.2 Å². The van der Waals surface area contributed by atoms with Gasteiger partial charge in [-0.2, -0.15) is 0 Å². The number of fused-ring (bicyclic) bond motifs is 9. The van der Waals surface area contributed by atoms with Gasteiger partial charge >= 0.3 is 0 Å². The van der Waals surface area contributed by atoms with Crippen LogP contribution in [0.3, 0.4) is 0 Å². The predicted molar refractivity (Wildman–Crippen MR) is 213 cm³/mol. The highest BCUT2D eigenvalue weighted by Gasteiger charge is 2.61. The van der Waals surface area contributed by atoms with Gasteiger partial charge in [-0.25, -0.2) is 0 Å². The first-order chi connectivity index (χ1) is 25.2. The van der Waals surface area contributed by atoms with E-state index in [4.69, 9.17) is 4.42 Å². The van der Waals surface area contributed by atoms with Crippen molar-refractivity contribution in [3.05, 3.63) is 155 Å². The van der Waals surface area contributed by atoms with Gasteiger partial charge in [-0.3, -0.25) is 0 Å². The number of hydrogen-bond acceptors (Lipinski definition) is 2. The number of para-hydroxylation sites is 1. The van der Waals surface area contributed by atoms with Crippen LogP contribution in [-0.4, -0.2) is 0 Å². The molecule has 2 aromatic heterocycles. The fraction of sp³-hybridized carbons (Fsp3) is 0.265. The third kappa shape index (κ3) is 4.14. The van der Waals surface area contributed by atoms with Gasteiger partial charge in [0.25, 0.3) is 0 Å². The van der Waals surface area contributed by atoms with E-state index in [0.717, 1.165) is 47.7 Å². The third-order valence-corrected chi connectivity index (χ3v) is 15.0. The van der Waals surface area contributed by atoms with Crippen molar-refractivity contribution in [3.8, 4) is 11.1 Å². The Labute approximate surface area is 302 Å². The normalized spacial score (nSPS) is 25.0. The minimum Gasteiger partial charge on any atom is -0.456 e. The van der Waals surface area contributed by atoms with Crippen molar-refractivity contribution >= 4 is 53.4 Å². The van der Waals surface area contributed by atoms with Crippen LogP contribution in [0.4, 0.5) is 0 Å². The molecule has 4 fully saturated rings. The van der Waals surface area contributed by atoms with E-state index in [1.54, 1.807) is 11.1 Å². The molecule has 4 bridgehead atoms. The van der Waals surface area contributed by atoms with Crippen LogP contribution in [-0.2, 0) is 18.3 Å². The molecule has 0 radical (unpaired) electrons. The van der Waals surface area contributed by atoms with Crippen LogP contribution in [0, 0.1) is 23.7 Å².